The second kappa shape index (κ2) is 9.46. The lowest BCUT2D eigenvalue weighted by molar-refractivity contribution is 0.0527. The first-order valence-corrected chi connectivity index (χ1v) is 9.45. The summed E-state index contributed by atoms with van der Waals surface area (Å²) in [5.41, 5.74) is 0.909. The monoisotopic (exact) mass is 360 g/mol. The van der Waals surface area contributed by atoms with Gasteiger partial charge in [-0.05, 0) is 46.1 Å². The highest BCUT2D eigenvalue weighted by molar-refractivity contribution is 5.80. The molecule has 2 unspecified atom stereocenters. The van der Waals surface area contributed by atoms with Crippen LogP contribution in [-0.4, -0.2) is 43.3 Å². The van der Waals surface area contributed by atoms with Crippen molar-refractivity contribution in [3.63, 3.8) is 0 Å². The summed E-state index contributed by atoms with van der Waals surface area (Å²) >= 11 is 0. The van der Waals surface area contributed by atoms with Crippen molar-refractivity contribution in [2.45, 2.75) is 58.1 Å². The number of hydrogen-bond donors (Lipinski definition) is 3. The van der Waals surface area contributed by atoms with Crippen LogP contribution in [0, 0.1) is 0 Å². The molecule has 3 N–H and O–H groups in total. The number of rotatable bonds is 7. The minimum Gasteiger partial charge on any atom is -0.444 e. The zero-order valence-electron chi connectivity index (χ0n) is 16.3. The Kier molecular flexibility index (Phi) is 7.30. The van der Waals surface area contributed by atoms with Crippen LogP contribution in [-0.2, 0) is 4.74 Å². The van der Waals surface area contributed by atoms with Gasteiger partial charge in [-0.25, -0.2) is 4.79 Å². The molecule has 0 bridgehead atoms. The number of nitrogens with zero attached hydrogens (tertiary/aromatic N) is 1. The molecule has 1 amide bonds. The van der Waals surface area contributed by atoms with Crippen molar-refractivity contribution < 1.29 is 9.53 Å². The minimum absolute atomic E-state index is 0.379. The molecule has 1 aliphatic carbocycles. The number of hydrogen-bond acceptors (Lipinski definition) is 3. The molecular formula is C20H32N4O2. The molecule has 1 fully saturated rings. The van der Waals surface area contributed by atoms with E-state index in [1.807, 2.05) is 26.8 Å². The SMILES string of the molecule is CCNC(=NCCCNC(=O)OC(C)(C)C)NC1CC1c1ccccc1. The molecule has 0 heterocycles. The lowest BCUT2D eigenvalue weighted by Gasteiger charge is -2.19. The molecule has 0 spiro atoms. The van der Waals surface area contributed by atoms with E-state index < -0.39 is 5.60 Å². The summed E-state index contributed by atoms with van der Waals surface area (Å²) in [6.07, 6.45) is 1.52. The number of carbonyl (C=O) groups is 1. The van der Waals surface area contributed by atoms with Crippen LogP contribution in [0.15, 0.2) is 35.3 Å². The maximum absolute atomic E-state index is 11.6. The first-order chi connectivity index (χ1) is 12.4. The van der Waals surface area contributed by atoms with Gasteiger partial charge in [0, 0.05) is 31.6 Å². The fourth-order valence-electron chi connectivity index (χ4n) is 2.69. The molecule has 144 valence electrons. The Balaban J connectivity index is 1.70. The van der Waals surface area contributed by atoms with Crippen LogP contribution in [0.1, 0.15) is 52.0 Å². The van der Waals surface area contributed by atoms with Crippen LogP contribution in [0.25, 0.3) is 0 Å². The second-order valence-electron chi connectivity index (χ2n) is 7.55. The fraction of sp³-hybridized carbons (Fsp3) is 0.600. The van der Waals surface area contributed by atoms with E-state index in [4.69, 9.17) is 4.74 Å². The number of ether oxygens (including phenoxy) is 1. The number of amides is 1. The minimum atomic E-state index is -0.468. The summed E-state index contributed by atoms with van der Waals surface area (Å²) in [5, 5.41) is 9.54. The molecule has 6 nitrogen and oxygen atoms in total. The van der Waals surface area contributed by atoms with Crippen molar-refractivity contribution in [2.75, 3.05) is 19.6 Å². The maximum Gasteiger partial charge on any atom is 0.407 e. The van der Waals surface area contributed by atoms with E-state index in [-0.39, 0.29) is 6.09 Å². The summed E-state index contributed by atoms with van der Waals surface area (Å²) in [6, 6.07) is 11.0. The molecule has 0 saturated heterocycles. The van der Waals surface area contributed by atoms with Crippen LogP contribution >= 0.6 is 0 Å². The lowest BCUT2D eigenvalue weighted by atomic mass is 10.1. The van der Waals surface area contributed by atoms with Crippen LogP contribution < -0.4 is 16.0 Å². The van der Waals surface area contributed by atoms with E-state index in [2.05, 4.69) is 52.1 Å². The van der Waals surface area contributed by atoms with E-state index in [0.717, 1.165) is 25.3 Å². The quantitative estimate of drug-likeness (QED) is 0.397. The Morgan fingerprint density at radius 2 is 1.96 bits per heavy atom. The van der Waals surface area contributed by atoms with Crippen molar-refractivity contribution in [3.05, 3.63) is 35.9 Å². The molecule has 1 aromatic rings. The van der Waals surface area contributed by atoms with Crippen molar-refractivity contribution in [1.82, 2.24) is 16.0 Å². The Labute approximate surface area is 156 Å². The van der Waals surface area contributed by atoms with Gasteiger partial charge in [-0.1, -0.05) is 30.3 Å². The molecule has 6 heteroatoms. The molecule has 0 aromatic heterocycles. The number of nitrogens with one attached hydrogen (secondary N) is 3. The molecule has 26 heavy (non-hydrogen) atoms. The van der Waals surface area contributed by atoms with Crippen LogP contribution in [0.4, 0.5) is 4.79 Å². The Morgan fingerprint density at radius 3 is 2.62 bits per heavy atom. The highest BCUT2D eigenvalue weighted by atomic mass is 16.6. The molecule has 2 atom stereocenters. The standard InChI is InChI=1S/C20H32N4O2/c1-5-21-18(22-12-9-13-23-19(25)26-20(2,3)4)24-17-14-16(17)15-10-7-6-8-11-15/h6-8,10-11,16-17H,5,9,12-14H2,1-4H3,(H,23,25)(H2,21,22,24). The van der Waals surface area contributed by atoms with Gasteiger partial charge >= 0.3 is 6.09 Å². The molecule has 1 aliphatic rings. The molecule has 1 aromatic carbocycles. The topological polar surface area (TPSA) is 74.8 Å². The summed E-state index contributed by atoms with van der Waals surface area (Å²) in [7, 11) is 0. The predicted octanol–water partition coefficient (Wildman–Crippen LogP) is 3.01. The van der Waals surface area contributed by atoms with Crippen molar-refractivity contribution in [2.24, 2.45) is 4.99 Å². The number of benzene rings is 1. The van der Waals surface area contributed by atoms with Gasteiger partial charge in [0.15, 0.2) is 5.96 Å². The van der Waals surface area contributed by atoms with Crippen LogP contribution in [0.3, 0.4) is 0 Å². The van der Waals surface area contributed by atoms with Gasteiger partial charge in [0.25, 0.3) is 0 Å². The van der Waals surface area contributed by atoms with Crippen molar-refractivity contribution in [3.8, 4) is 0 Å². The van der Waals surface area contributed by atoms with E-state index in [1.165, 1.54) is 5.56 Å². The molecular weight excluding hydrogens is 328 g/mol. The zero-order chi connectivity index (χ0) is 19.0. The normalized spacial score (nSPS) is 19.6. The Hall–Kier alpha value is -2.24. The van der Waals surface area contributed by atoms with Crippen molar-refractivity contribution in [1.29, 1.82) is 0 Å². The summed E-state index contributed by atoms with van der Waals surface area (Å²) in [6.45, 7) is 9.64. The smallest absolute Gasteiger partial charge is 0.407 e. The molecule has 1 saturated carbocycles. The van der Waals surface area contributed by atoms with E-state index >= 15 is 0 Å². The first-order valence-electron chi connectivity index (χ1n) is 9.45. The average Bonchev–Trinajstić information content (AvgIpc) is 3.33. The van der Waals surface area contributed by atoms with Gasteiger partial charge < -0.3 is 20.7 Å². The van der Waals surface area contributed by atoms with Crippen LogP contribution in [0.5, 0.6) is 0 Å². The third-order valence-electron chi connectivity index (χ3n) is 3.96. The molecule has 0 radical (unpaired) electrons. The second-order valence-corrected chi connectivity index (χ2v) is 7.55. The van der Waals surface area contributed by atoms with Gasteiger partial charge in [0.1, 0.15) is 5.60 Å². The van der Waals surface area contributed by atoms with Gasteiger partial charge in [0.05, 0.1) is 0 Å². The highest BCUT2D eigenvalue weighted by Crippen LogP contribution is 2.40. The number of alkyl carbamates (subject to hydrolysis) is 1. The van der Waals surface area contributed by atoms with Gasteiger partial charge in [-0.15, -0.1) is 0 Å². The van der Waals surface area contributed by atoms with Crippen molar-refractivity contribution >= 4 is 12.1 Å². The number of carbonyl (C=O) groups excluding carboxylic acids is 1. The molecule has 2 rings (SSSR count). The van der Waals surface area contributed by atoms with E-state index in [1.54, 1.807) is 0 Å². The summed E-state index contributed by atoms with van der Waals surface area (Å²) < 4.78 is 5.21. The summed E-state index contributed by atoms with van der Waals surface area (Å²) in [4.78, 5) is 16.2. The Morgan fingerprint density at radius 1 is 1.23 bits per heavy atom. The fourth-order valence-corrected chi connectivity index (χ4v) is 2.69. The van der Waals surface area contributed by atoms with Gasteiger partial charge in [-0.3, -0.25) is 4.99 Å². The number of aliphatic imine (C=N–C) groups is 1. The largest absolute Gasteiger partial charge is 0.444 e. The van der Waals surface area contributed by atoms with E-state index in [9.17, 15) is 4.79 Å². The average molecular weight is 361 g/mol. The maximum atomic E-state index is 11.6. The highest BCUT2D eigenvalue weighted by Gasteiger charge is 2.38. The molecule has 0 aliphatic heterocycles. The van der Waals surface area contributed by atoms with Crippen LogP contribution in [0.2, 0.25) is 0 Å². The third kappa shape index (κ3) is 7.33. The van der Waals surface area contributed by atoms with Gasteiger partial charge in [0.2, 0.25) is 0 Å². The first kappa shape index (κ1) is 20.1. The predicted molar refractivity (Wildman–Crippen MR) is 106 cm³/mol. The Bertz CT molecular complexity index is 596. The lowest BCUT2D eigenvalue weighted by Crippen LogP contribution is -2.39. The van der Waals surface area contributed by atoms with E-state index in [0.29, 0.717) is 25.0 Å². The van der Waals surface area contributed by atoms with Gasteiger partial charge in [-0.2, -0.15) is 0 Å². The third-order valence-corrected chi connectivity index (χ3v) is 3.96. The summed E-state index contributed by atoms with van der Waals surface area (Å²) in [5.74, 6) is 1.40. The number of guanidine groups is 1. The zero-order valence-corrected chi connectivity index (χ0v) is 16.3.